The number of nitrogens with zero attached hydrogens (tertiary/aromatic N) is 2. The lowest BCUT2D eigenvalue weighted by atomic mass is 10.2. The molecule has 0 bridgehead atoms. The topological polar surface area (TPSA) is 36.7 Å². The first kappa shape index (κ1) is 9.38. The van der Waals surface area contributed by atoms with E-state index in [0.717, 1.165) is 10.6 Å². The van der Waals surface area contributed by atoms with Gasteiger partial charge < -0.3 is 0 Å². The molecule has 0 atom stereocenters. The largest absolute Gasteiger partial charge is 0.239 e. The lowest BCUT2D eigenvalue weighted by Gasteiger charge is -1.98. The van der Waals surface area contributed by atoms with Crippen LogP contribution in [-0.2, 0) is 0 Å². The Bertz CT molecular complexity index is 485. The average molecular weight is 265 g/mol. The van der Waals surface area contributed by atoms with E-state index < -0.39 is 0 Å². The highest BCUT2D eigenvalue weighted by atomic mass is 79.9. The molecule has 2 aromatic rings. The molecule has 0 amide bonds. The van der Waals surface area contributed by atoms with Crippen molar-refractivity contribution in [2.24, 2.45) is 0 Å². The molecule has 2 aromatic heterocycles. The molecule has 68 valence electrons. The van der Waals surface area contributed by atoms with Crippen molar-refractivity contribution in [2.45, 2.75) is 0 Å². The number of nitriles is 1. The maximum atomic E-state index is 8.72. The van der Waals surface area contributed by atoms with Gasteiger partial charge in [-0.1, -0.05) is 6.07 Å². The van der Waals surface area contributed by atoms with Crippen LogP contribution >= 0.6 is 27.3 Å². The van der Waals surface area contributed by atoms with Crippen LogP contribution < -0.4 is 0 Å². The van der Waals surface area contributed by atoms with E-state index in [1.54, 1.807) is 17.4 Å². The summed E-state index contributed by atoms with van der Waals surface area (Å²) in [6.45, 7) is 0. The Morgan fingerprint density at radius 1 is 1.36 bits per heavy atom. The van der Waals surface area contributed by atoms with Gasteiger partial charge in [-0.2, -0.15) is 5.26 Å². The second-order valence-corrected chi connectivity index (χ2v) is 4.32. The summed E-state index contributed by atoms with van der Waals surface area (Å²) in [7, 11) is 0. The first-order chi connectivity index (χ1) is 6.81. The van der Waals surface area contributed by atoms with Gasteiger partial charge >= 0.3 is 0 Å². The van der Waals surface area contributed by atoms with Crippen LogP contribution in [0, 0.1) is 11.3 Å². The zero-order valence-corrected chi connectivity index (χ0v) is 9.47. The van der Waals surface area contributed by atoms with E-state index >= 15 is 0 Å². The van der Waals surface area contributed by atoms with Gasteiger partial charge in [0, 0.05) is 0 Å². The first-order valence-corrected chi connectivity index (χ1v) is 5.59. The number of thiophene rings is 1. The lowest BCUT2D eigenvalue weighted by molar-refractivity contribution is 1.26. The van der Waals surface area contributed by atoms with Crippen LogP contribution in [0.5, 0.6) is 0 Å². The molecule has 0 fully saturated rings. The van der Waals surface area contributed by atoms with E-state index in [-0.39, 0.29) is 0 Å². The molecule has 0 aliphatic carbocycles. The van der Waals surface area contributed by atoms with E-state index in [2.05, 4.69) is 27.0 Å². The van der Waals surface area contributed by atoms with E-state index in [1.165, 1.54) is 0 Å². The second-order valence-electron chi connectivity index (χ2n) is 2.62. The number of hydrogen-bond acceptors (Lipinski definition) is 3. The first-order valence-electron chi connectivity index (χ1n) is 3.92. The zero-order valence-electron chi connectivity index (χ0n) is 7.07. The molecular weight excluding hydrogens is 260 g/mol. The molecule has 0 N–H and O–H groups in total. The number of aromatic nitrogens is 1. The molecular formula is C10H5BrN2S. The third-order valence-electron chi connectivity index (χ3n) is 1.74. The number of halogens is 1. The molecule has 2 nitrogen and oxygen atoms in total. The third kappa shape index (κ3) is 1.69. The van der Waals surface area contributed by atoms with Crippen molar-refractivity contribution >= 4 is 27.3 Å². The van der Waals surface area contributed by atoms with Crippen molar-refractivity contribution in [3.63, 3.8) is 0 Å². The lowest BCUT2D eigenvalue weighted by Crippen LogP contribution is -1.85. The fraction of sp³-hybridized carbons (Fsp3) is 0. The SMILES string of the molecule is N#Cc1ccc(-c2cccs2)nc1Br. The predicted molar refractivity (Wildman–Crippen MR) is 60.0 cm³/mol. The van der Waals surface area contributed by atoms with Gasteiger partial charge in [-0.05, 0) is 39.5 Å². The van der Waals surface area contributed by atoms with Gasteiger partial charge in [0.25, 0.3) is 0 Å². The quantitative estimate of drug-likeness (QED) is 0.740. The van der Waals surface area contributed by atoms with Crippen molar-refractivity contribution in [1.29, 1.82) is 5.26 Å². The predicted octanol–water partition coefficient (Wildman–Crippen LogP) is 3.44. The van der Waals surface area contributed by atoms with E-state index in [0.29, 0.717) is 10.2 Å². The van der Waals surface area contributed by atoms with E-state index in [9.17, 15) is 0 Å². The number of hydrogen-bond donors (Lipinski definition) is 0. The molecule has 2 heterocycles. The Morgan fingerprint density at radius 2 is 2.21 bits per heavy atom. The summed E-state index contributed by atoms with van der Waals surface area (Å²) >= 11 is 4.90. The summed E-state index contributed by atoms with van der Waals surface area (Å²) in [6, 6.07) is 9.67. The minimum atomic E-state index is 0.560. The average Bonchev–Trinajstić information content (AvgIpc) is 2.70. The Kier molecular flexibility index (Phi) is 2.62. The van der Waals surface area contributed by atoms with E-state index in [4.69, 9.17) is 5.26 Å². The normalized spacial score (nSPS) is 9.71. The molecule has 0 saturated heterocycles. The standard InChI is InChI=1S/C10H5BrN2S/c11-10-7(6-12)3-4-8(13-10)9-2-1-5-14-9/h1-5H. The van der Waals surface area contributed by atoms with Gasteiger partial charge in [-0.3, -0.25) is 0 Å². The summed E-state index contributed by atoms with van der Waals surface area (Å²) in [6.07, 6.45) is 0. The minimum absolute atomic E-state index is 0.560. The highest BCUT2D eigenvalue weighted by molar-refractivity contribution is 9.10. The monoisotopic (exact) mass is 264 g/mol. The van der Waals surface area contributed by atoms with Crippen LogP contribution in [0.4, 0.5) is 0 Å². The van der Waals surface area contributed by atoms with Crippen LogP contribution in [0.15, 0.2) is 34.2 Å². The fourth-order valence-electron chi connectivity index (χ4n) is 1.08. The highest BCUT2D eigenvalue weighted by Gasteiger charge is 2.04. The second kappa shape index (κ2) is 3.91. The van der Waals surface area contributed by atoms with Crippen LogP contribution in [0.3, 0.4) is 0 Å². The Balaban J connectivity index is 2.49. The van der Waals surface area contributed by atoms with E-state index in [1.807, 2.05) is 23.6 Å². The fourth-order valence-corrected chi connectivity index (χ4v) is 2.19. The molecule has 14 heavy (non-hydrogen) atoms. The Morgan fingerprint density at radius 3 is 2.79 bits per heavy atom. The molecule has 0 aromatic carbocycles. The van der Waals surface area contributed by atoms with Gasteiger partial charge in [0.1, 0.15) is 10.7 Å². The smallest absolute Gasteiger partial charge is 0.124 e. The summed E-state index contributed by atoms with van der Waals surface area (Å²) < 4.78 is 0.603. The van der Waals surface area contributed by atoms with Crippen molar-refractivity contribution in [1.82, 2.24) is 4.98 Å². The van der Waals surface area contributed by atoms with Gasteiger partial charge in [-0.25, -0.2) is 4.98 Å². The van der Waals surface area contributed by atoms with Crippen LogP contribution in [0.2, 0.25) is 0 Å². The maximum absolute atomic E-state index is 8.72. The molecule has 0 radical (unpaired) electrons. The Labute approximate surface area is 94.0 Å². The molecule has 0 saturated carbocycles. The highest BCUT2D eigenvalue weighted by Crippen LogP contribution is 2.25. The van der Waals surface area contributed by atoms with Crippen molar-refractivity contribution in [3.8, 4) is 16.6 Å². The van der Waals surface area contributed by atoms with Crippen LogP contribution in [-0.4, -0.2) is 4.98 Å². The van der Waals surface area contributed by atoms with Crippen LogP contribution in [0.25, 0.3) is 10.6 Å². The van der Waals surface area contributed by atoms with Gasteiger partial charge in [0.2, 0.25) is 0 Å². The summed E-state index contributed by atoms with van der Waals surface area (Å²) in [5, 5.41) is 10.7. The van der Waals surface area contributed by atoms with Crippen molar-refractivity contribution in [2.75, 3.05) is 0 Å². The molecule has 2 rings (SSSR count). The summed E-state index contributed by atoms with van der Waals surface area (Å²) in [5.74, 6) is 0. The van der Waals surface area contributed by atoms with Crippen LogP contribution in [0.1, 0.15) is 5.56 Å². The summed E-state index contributed by atoms with van der Waals surface area (Å²) in [5.41, 5.74) is 1.45. The van der Waals surface area contributed by atoms with Gasteiger partial charge in [0.15, 0.2) is 0 Å². The molecule has 0 unspecified atom stereocenters. The molecule has 4 heteroatoms. The third-order valence-corrected chi connectivity index (χ3v) is 3.24. The van der Waals surface area contributed by atoms with Gasteiger partial charge in [-0.15, -0.1) is 11.3 Å². The maximum Gasteiger partial charge on any atom is 0.124 e. The molecule has 0 spiro atoms. The number of rotatable bonds is 1. The van der Waals surface area contributed by atoms with Crippen molar-refractivity contribution in [3.05, 3.63) is 39.8 Å². The summed E-state index contributed by atoms with van der Waals surface area (Å²) in [4.78, 5) is 5.40. The zero-order chi connectivity index (χ0) is 9.97. The van der Waals surface area contributed by atoms with Crippen molar-refractivity contribution < 1.29 is 0 Å². The number of pyridine rings is 1. The van der Waals surface area contributed by atoms with Gasteiger partial charge in [0.05, 0.1) is 16.1 Å². The molecule has 0 aliphatic rings. The molecule has 0 aliphatic heterocycles. The minimum Gasteiger partial charge on any atom is -0.239 e. The Hall–Kier alpha value is -1.18.